The van der Waals surface area contributed by atoms with Crippen LogP contribution < -0.4 is 5.32 Å². The van der Waals surface area contributed by atoms with E-state index in [1.54, 1.807) is 0 Å². The van der Waals surface area contributed by atoms with Gasteiger partial charge in [0.2, 0.25) is 0 Å². The van der Waals surface area contributed by atoms with Gasteiger partial charge in [0, 0.05) is 17.1 Å². The molecule has 0 spiro atoms. The zero-order valence-electron chi connectivity index (χ0n) is 8.83. The molecule has 0 aromatic heterocycles. The average Bonchev–Trinajstić information content (AvgIpc) is 2.29. The van der Waals surface area contributed by atoms with Crippen LogP contribution in [0.25, 0.3) is 0 Å². The van der Waals surface area contributed by atoms with Crippen molar-refractivity contribution in [3.63, 3.8) is 0 Å². The van der Waals surface area contributed by atoms with Gasteiger partial charge in [-0.1, -0.05) is 0 Å². The summed E-state index contributed by atoms with van der Waals surface area (Å²) in [5.41, 5.74) is 2.78. The Kier molecular flexibility index (Phi) is 4.27. The lowest BCUT2D eigenvalue weighted by atomic mass is 10.1. The van der Waals surface area contributed by atoms with Crippen LogP contribution in [-0.4, -0.2) is 18.1 Å². The Labute approximate surface area is 101 Å². The Balaban J connectivity index is 2.00. The summed E-state index contributed by atoms with van der Waals surface area (Å²) in [6.07, 6.45) is 3.68. The summed E-state index contributed by atoms with van der Waals surface area (Å²) in [6.45, 7) is 1.02. The number of thioether (sulfide) groups is 1. The van der Waals surface area contributed by atoms with Gasteiger partial charge in [0.15, 0.2) is 0 Å². The van der Waals surface area contributed by atoms with E-state index in [4.69, 9.17) is 0 Å². The maximum atomic E-state index is 4.20. The lowest BCUT2D eigenvalue weighted by molar-refractivity contribution is 0.889. The fourth-order valence-corrected chi connectivity index (χ4v) is 2.96. The number of thiol groups is 1. The number of aryl methyl sites for hydroxylation is 1. The highest BCUT2D eigenvalue weighted by Gasteiger charge is 2.09. The van der Waals surface area contributed by atoms with Crippen molar-refractivity contribution in [1.29, 1.82) is 0 Å². The van der Waals surface area contributed by atoms with Gasteiger partial charge in [-0.15, -0.1) is 11.8 Å². The molecule has 0 saturated heterocycles. The first-order valence-electron chi connectivity index (χ1n) is 5.50. The normalized spacial score (nSPS) is 14.7. The van der Waals surface area contributed by atoms with Gasteiger partial charge in [-0.25, -0.2) is 0 Å². The first-order chi connectivity index (χ1) is 7.40. The average molecular weight is 239 g/mol. The third-order valence-electron chi connectivity index (χ3n) is 2.57. The summed E-state index contributed by atoms with van der Waals surface area (Å²) < 4.78 is 0. The lowest BCUT2D eigenvalue weighted by Crippen LogP contribution is -2.04. The van der Waals surface area contributed by atoms with Crippen LogP contribution in [0.4, 0.5) is 5.69 Å². The molecular weight excluding hydrogens is 222 g/mol. The first-order valence-corrected chi connectivity index (χ1v) is 7.12. The van der Waals surface area contributed by atoms with E-state index < -0.39 is 0 Å². The minimum atomic E-state index is 0.952. The summed E-state index contributed by atoms with van der Waals surface area (Å²) in [6, 6.07) is 6.75. The predicted octanol–water partition coefficient (Wildman–Crippen LogP) is 3.46. The molecule has 1 aliphatic rings. The molecule has 1 nitrogen and oxygen atoms in total. The third kappa shape index (κ3) is 3.08. The molecule has 0 radical (unpaired) electrons. The molecule has 3 heteroatoms. The monoisotopic (exact) mass is 239 g/mol. The molecule has 1 aromatic carbocycles. The van der Waals surface area contributed by atoms with E-state index >= 15 is 0 Å². The fourth-order valence-electron chi connectivity index (χ4n) is 1.78. The molecule has 1 aromatic rings. The van der Waals surface area contributed by atoms with Crippen LogP contribution in [0, 0.1) is 0 Å². The Morgan fingerprint density at radius 1 is 1.40 bits per heavy atom. The zero-order chi connectivity index (χ0) is 10.5. The molecule has 2 rings (SSSR count). The summed E-state index contributed by atoms with van der Waals surface area (Å²) in [5.74, 6) is 2.23. The molecule has 0 aliphatic carbocycles. The summed E-state index contributed by atoms with van der Waals surface area (Å²) in [4.78, 5) is 1.47. The molecule has 0 unspecified atom stereocenters. The number of fused-ring (bicyclic) bond motifs is 1. The highest BCUT2D eigenvalue weighted by atomic mass is 32.2. The van der Waals surface area contributed by atoms with Gasteiger partial charge in [0.05, 0.1) is 0 Å². The second kappa shape index (κ2) is 5.71. The van der Waals surface area contributed by atoms with Crippen LogP contribution in [0.15, 0.2) is 23.1 Å². The van der Waals surface area contributed by atoms with Crippen molar-refractivity contribution in [1.82, 2.24) is 0 Å². The standard InChI is InChI=1S/C12H17NS2/c14-7-2-6-13-11-4-5-12-10(9-11)3-1-8-15-12/h4-5,9,13-14H,1-3,6-8H2. The van der Waals surface area contributed by atoms with E-state index in [2.05, 4.69) is 36.1 Å². The number of anilines is 1. The largest absolute Gasteiger partial charge is 0.385 e. The number of nitrogens with one attached hydrogen (secondary N) is 1. The smallest absolute Gasteiger partial charge is 0.0343 e. The lowest BCUT2D eigenvalue weighted by Gasteiger charge is -2.16. The van der Waals surface area contributed by atoms with E-state index in [1.165, 1.54) is 34.7 Å². The Bertz CT molecular complexity index is 325. The summed E-state index contributed by atoms with van der Waals surface area (Å²) in [7, 11) is 0. The second-order valence-electron chi connectivity index (χ2n) is 3.78. The molecule has 1 heterocycles. The van der Waals surface area contributed by atoms with Gasteiger partial charge >= 0.3 is 0 Å². The molecule has 0 saturated carbocycles. The third-order valence-corrected chi connectivity index (χ3v) is 4.09. The van der Waals surface area contributed by atoms with Crippen LogP contribution in [0.1, 0.15) is 18.4 Å². The van der Waals surface area contributed by atoms with Crippen molar-refractivity contribution in [2.24, 2.45) is 0 Å². The van der Waals surface area contributed by atoms with Gasteiger partial charge in [-0.2, -0.15) is 12.6 Å². The van der Waals surface area contributed by atoms with Crippen molar-refractivity contribution in [2.45, 2.75) is 24.2 Å². The summed E-state index contributed by atoms with van der Waals surface area (Å²) >= 11 is 6.19. The summed E-state index contributed by atoms with van der Waals surface area (Å²) in [5, 5.41) is 3.44. The fraction of sp³-hybridized carbons (Fsp3) is 0.500. The minimum absolute atomic E-state index is 0.952. The number of rotatable bonds is 4. The van der Waals surface area contributed by atoms with Crippen molar-refractivity contribution in [3.8, 4) is 0 Å². The maximum Gasteiger partial charge on any atom is 0.0343 e. The van der Waals surface area contributed by atoms with Crippen LogP contribution in [0.2, 0.25) is 0 Å². The van der Waals surface area contributed by atoms with Gasteiger partial charge in [-0.3, -0.25) is 0 Å². The molecule has 0 fully saturated rings. The van der Waals surface area contributed by atoms with E-state index in [1.807, 2.05) is 11.8 Å². The number of benzene rings is 1. The SMILES string of the molecule is SCCCNc1ccc2c(c1)CCCS2. The maximum absolute atomic E-state index is 4.20. The minimum Gasteiger partial charge on any atom is -0.385 e. The molecule has 82 valence electrons. The Morgan fingerprint density at radius 2 is 2.33 bits per heavy atom. The molecular formula is C12H17NS2. The van der Waals surface area contributed by atoms with Crippen molar-refractivity contribution in [2.75, 3.05) is 23.4 Å². The highest BCUT2D eigenvalue weighted by Crippen LogP contribution is 2.31. The molecule has 0 atom stereocenters. The van der Waals surface area contributed by atoms with E-state index in [-0.39, 0.29) is 0 Å². The number of hydrogen-bond donors (Lipinski definition) is 2. The van der Waals surface area contributed by atoms with Crippen LogP contribution in [-0.2, 0) is 6.42 Å². The van der Waals surface area contributed by atoms with Crippen molar-refractivity contribution >= 4 is 30.1 Å². The van der Waals surface area contributed by atoms with E-state index in [9.17, 15) is 0 Å². The van der Waals surface area contributed by atoms with E-state index in [0.717, 1.165) is 18.7 Å². The highest BCUT2D eigenvalue weighted by molar-refractivity contribution is 7.99. The van der Waals surface area contributed by atoms with E-state index in [0.29, 0.717) is 0 Å². The van der Waals surface area contributed by atoms with Crippen molar-refractivity contribution in [3.05, 3.63) is 23.8 Å². The van der Waals surface area contributed by atoms with Gasteiger partial charge in [0.25, 0.3) is 0 Å². The van der Waals surface area contributed by atoms with Crippen LogP contribution in [0.5, 0.6) is 0 Å². The van der Waals surface area contributed by atoms with Gasteiger partial charge in [0.1, 0.15) is 0 Å². The quantitative estimate of drug-likeness (QED) is 0.616. The Morgan fingerprint density at radius 3 is 3.20 bits per heavy atom. The second-order valence-corrected chi connectivity index (χ2v) is 5.36. The molecule has 1 aliphatic heterocycles. The zero-order valence-corrected chi connectivity index (χ0v) is 10.5. The van der Waals surface area contributed by atoms with Crippen molar-refractivity contribution < 1.29 is 0 Å². The van der Waals surface area contributed by atoms with Gasteiger partial charge < -0.3 is 5.32 Å². The number of hydrogen-bond acceptors (Lipinski definition) is 3. The molecule has 0 amide bonds. The Hall–Kier alpha value is -0.280. The molecule has 15 heavy (non-hydrogen) atoms. The topological polar surface area (TPSA) is 12.0 Å². The van der Waals surface area contributed by atoms with Crippen LogP contribution >= 0.6 is 24.4 Å². The predicted molar refractivity (Wildman–Crippen MR) is 72.4 cm³/mol. The van der Waals surface area contributed by atoms with Gasteiger partial charge in [-0.05, 0) is 54.5 Å². The molecule has 0 bridgehead atoms. The first kappa shape index (κ1) is 11.2. The molecule has 1 N–H and O–H groups in total. The van der Waals surface area contributed by atoms with Crippen LogP contribution in [0.3, 0.4) is 0 Å².